The van der Waals surface area contributed by atoms with Crippen molar-refractivity contribution < 1.29 is 9.53 Å². The van der Waals surface area contributed by atoms with Gasteiger partial charge in [-0.05, 0) is 48.4 Å². The van der Waals surface area contributed by atoms with E-state index in [1.165, 1.54) is 18.2 Å². The zero-order valence-electron chi connectivity index (χ0n) is 13.0. The van der Waals surface area contributed by atoms with Gasteiger partial charge in [-0.25, -0.2) is 0 Å². The number of carbonyl (C=O) groups excluding carboxylic acids is 1. The van der Waals surface area contributed by atoms with Crippen LogP contribution in [-0.2, 0) is 22.4 Å². The zero-order chi connectivity index (χ0) is 15.4. The van der Waals surface area contributed by atoms with Crippen molar-refractivity contribution in [3.63, 3.8) is 0 Å². The average Bonchev–Trinajstić information content (AvgIpc) is 2.51. The van der Waals surface area contributed by atoms with Crippen LogP contribution in [0, 0.1) is 5.92 Å². The number of benzene rings is 1. The van der Waals surface area contributed by atoms with Gasteiger partial charge < -0.3 is 10.1 Å². The minimum absolute atomic E-state index is 0.147. The molecule has 0 spiro atoms. The lowest BCUT2D eigenvalue weighted by Crippen LogP contribution is -2.49. The fourth-order valence-corrected chi connectivity index (χ4v) is 3.36. The van der Waals surface area contributed by atoms with Crippen LogP contribution in [0.5, 0.6) is 0 Å². The fourth-order valence-electron chi connectivity index (χ4n) is 2.95. The van der Waals surface area contributed by atoms with Gasteiger partial charge in [0, 0.05) is 10.5 Å². The van der Waals surface area contributed by atoms with Crippen LogP contribution in [0.15, 0.2) is 22.7 Å². The molecule has 21 heavy (non-hydrogen) atoms. The largest absolute Gasteiger partial charge is 0.468 e. The predicted molar refractivity (Wildman–Crippen MR) is 88.3 cm³/mol. The number of nitrogens with one attached hydrogen (secondary N) is 1. The van der Waals surface area contributed by atoms with Gasteiger partial charge in [0.05, 0.1) is 7.11 Å². The molecule has 1 aliphatic rings. The number of fused-ring (bicyclic) bond motifs is 1. The first-order valence-corrected chi connectivity index (χ1v) is 8.45. The minimum Gasteiger partial charge on any atom is -0.468 e. The number of hydrogen-bond acceptors (Lipinski definition) is 3. The van der Waals surface area contributed by atoms with E-state index in [0.29, 0.717) is 6.04 Å². The van der Waals surface area contributed by atoms with Gasteiger partial charge in [0.15, 0.2) is 0 Å². The van der Waals surface area contributed by atoms with E-state index in [0.717, 1.165) is 30.2 Å². The van der Waals surface area contributed by atoms with Gasteiger partial charge in [-0.2, -0.15) is 0 Å². The Kier molecular flexibility index (Phi) is 5.82. The number of esters is 1. The van der Waals surface area contributed by atoms with Crippen molar-refractivity contribution in [3.05, 3.63) is 33.8 Å². The predicted octanol–water partition coefficient (Wildman–Crippen LogP) is 3.48. The molecule has 116 valence electrons. The second-order valence-electron chi connectivity index (χ2n) is 5.91. The summed E-state index contributed by atoms with van der Waals surface area (Å²) < 4.78 is 6.09. The molecule has 0 bridgehead atoms. The normalized spacial score (nSPS) is 20.5. The van der Waals surface area contributed by atoms with Crippen molar-refractivity contribution >= 4 is 21.9 Å². The third kappa shape index (κ3) is 4.07. The van der Waals surface area contributed by atoms with Gasteiger partial charge in [0.2, 0.25) is 0 Å². The molecule has 3 atom stereocenters. The minimum atomic E-state index is -0.206. The second-order valence-corrected chi connectivity index (χ2v) is 6.82. The Hall–Kier alpha value is -0.870. The van der Waals surface area contributed by atoms with Crippen LogP contribution >= 0.6 is 15.9 Å². The third-order valence-electron chi connectivity index (χ3n) is 4.48. The summed E-state index contributed by atoms with van der Waals surface area (Å²) in [5, 5.41) is 3.53. The van der Waals surface area contributed by atoms with E-state index in [4.69, 9.17) is 4.74 Å². The van der Waals surface area contributed by atoms with Crippen molar-refractivity contribution in [2.24, 2.45) is 5.92 Å². The first-order valence-electron chi connectivity index (χ1n) is 7.66. The molecule has 1 aromatic carbocycles. The van der Waals surface area contributed by atoms with Crippen LogP contribution in [0.4, 0.5) is 0 Å². The third-order valence-corrected chi connectivity index (χ3v) is 4.97. The molecule has 0 saturated carbocycles. The molecular formula is C17H24BrNO2. The quantitative estimate of drug-likeness (QED) is 0.823. The first kappa shape index (κ1) is 16.5. The molecule has 0 amide bonds. The fraction of sp³-hybridized carbons (Fsp3) is 0.588. The van der Waals surface area contributed by atoms with Crippen molar-refractivity contribution in [2.45, 2.75) is 51.6 Å². The van der Waals surface area contributed by atoms with Crippen LogP contribution in [0.1, 0.15) is 37.8 Å². The van der Waals surface area contributed by atoms with Gasteiger partial charge in [0.1, 0.15) is 6.04 Å². The molecule has 4 heteroatoms. The Morgan fingerprint density at radius 3 is 2.90 bits per heavy atom. The molecule has 3 unspecified atom stereocenters. The van der Waals surface area contributed by atoms with Crippen molar-refractivity contribution in [2.75, 3.05) is 7.11 Å². The van der Waals surface area contributed by atoms with E-state index in [-0.39, 0.29) is 17.9 Å². The van der Waals surface area contributed by atoms with Crippen molar-refractivity contribution in [1.29, 1.82) is 0 Å². The van der Waals surface area contributed by atoms with Gasteiger partial charge >= 0.3 is 5.97 Å². The Bertz CT molecular complexity index is 504. The van der Waals surface area contributed by atoms with E-state index < -0.39 is 0 Å². The Morgan fingerprint density at radius 2 is 2.24 bits per heavy atom. The van der Waals surface area contributed by atoms with E-state index in [9.17, 15) is 4.79 Å². The van der Waals surface area contributed by atoms with E-state index in [1.54, 1.807) is 0 Å². The highest BCUT2D eigenvalue weighted by Gasteiger charge is 2.29. The van der Waals surface area contributed by atoms with Crippen LogP contribution in [0.2, 0.25) is 0 Å². The maximum Gasteiger partial charge on any atom is 0.323 e. The van der Waals surface area contributed by atoms with E-state index in [2.05, 4.69) is 53.3 Å². The summed E-state index contributed by atoms with van der Waals surface area (Å²) in [5.74, 6) is 0.134. The topological polar surface area (TPSA) is 38.3 Å². The van der Waals surface area contributed by atoms with Gasteiger partial charge in [-0.1, -0.05) is 42.3 Å². The van der Waals surface area contributed by atoms with Crippen molar-refractivity contribution in [3.8, 4) is 0 Å². The molecule has 1 aliphatic carbocycles. The highest BCUT2D eigenvalue weighted by Crippen LogP contribution is 2.25. The average molecular weight is 354 g/mol. The van der Waals surface area contributed by atoms with Gasteiger partial charge in [-0.15, -0.1) is 0 Å². The molecule has 0 heterocycles. The number of carbonyl (C=O) groups is 1. The number of aryl methyl sites for hydroxylation is 1. The number of hydrogen-bond donors (Lipinski definition) is 1. The van der Waals surface area contributed by atoms with Crippen LogP contribution in [0.25, 0.3) is 0 Å². The Balaban J connectivity index is 2.06. The number of methoxy groups -OCH3 is 1. The monoisotopic (exact) mass is 353 g/mol. The summed E-state index contributed by atoms with van der Waals surface area (Å²) in [6.07, 6.45) is 4.06. The lowest BCUT2D eigenvalue weighted by atomic mass is 9.87. The molecule has 0 fully saturated rings. The molecule has 0 aromatic heterocycles. The molecule has 1 aromatic rings. The van der Waals surface area contributed by atoms with Gasteiger partial charge in [-0.3, -0.25) is 4.79 Å². The summed E-state index contributed by atoms with van der Waals surface area (Å²) in [6, 6.07) is 6.62. The number of ether oxygens (including phenoxy) is 1. The Labute approximate surface area is 135 Å². The second kappa shape index (κ2) is 7.41. The summed E-state index contributed by atoms with van der Waals surface area (Å²) in [4.78, 5) is 12.0. The molecule has 1 N–H and O–H groups in total. The smallest absolute Gasteiger partial charge is 0.323 e. The van der Waals surface area contributed by atoms with E-state index in [1.807, 2.05) is 0 Å². The zero-order valence-corrected chi connectivity index (χ0v) is 14.6. The molecule has 0 saturated heterocycles. The highest BCUT2D eigenvalue weighted by atomic mass is 79.9. The molecular weight excluding hydrogens is 330 g/mol. The highest BCUT2D eigenvalue weighted by molar-refractivity contribution is 9.10. The summed E-state index contributed by atoms with van der Waals surface area (Å²) in [5.41, 5.74) is 2.80. The summed E-state index contributed by atoms with van der Waals surface area (Å²) in [6.45, 7) is 4.21. The molecule has 0 aliphatic heterocycles. The standard InChI is InChI=1S/C17H24BrNO2/c1-4-11(2)16(17(20)21-3)19-15-8-6-12-9-14(18)7-5-13(12)10-15/h5,7,9,11,15-16,19H,4,6,8,10H2,1-3H3. The molecule has 2 rings (SSSR count). The van der Waals surface area contributed by atoms with Crippen LogP contribution in [-0.4, -0.2) is 25.2 Å². The van der Waals surface area contributed by atoms with Crippen molar-refractivity contribution in [1.82, 2.24) is 5.32 Å². The SMILES string of the molecule is CCC(C)C(NC1CCc2cc(Br)ccc2C1)C(=O)OC. The van der Waals surface area contributed by atoms with E-state index >= 15 is 0 Å². The lowest BCUT2D eigenvalue weighted by Gasteiger charge is -2.31. The number of halogens is 1. The Morgan fingerprint density at radius 1 is 1.48 bits per heavy atom. The number of rotatable bonds is 5. The maximum atomic E-state index is 12.0. The maximum absolute atomic E-state index is 12.0. The van der Waals surface area contributed by atoms with Crippen LogP contribution < -0.4 is 5.32 Å². The first-order chi connectivity index (χ1) is 10.0. The van der Waals surface area contributed by atoms with Crippen LogP contribution in [0.3, 0.4) is 0 Å². The molecule has 3 nitrogen and oxygen atoms in total. The molecule has 0 radical (unpaired) electrons. The van der Waals surface area contributed by atoms with Gasteiger partial charge in [0.25, 0.3) is 0 Å². The summed E-state index contributed by atoms with van der Waals surface area (Å²) >= 11 is 3.53. The lowest BCUT2D eigenvalue weighted by molar-refractivity contribution is -0.144. The summed E-state index contributed by atoms with van der Waals surface area (Å²) in [7, 11) is 1.47.